The van der Waals surface area contributed by atoms with E-state index in [4.69, 9.17) is 0 Å². The molecule has 96 valence electrons. The first-order valence-corrected chi connectivity index (χ1v) is 8.43. The summed E-state index contributed by atoms with van der Waals surface area (Å²) in [5, 5.41) is 9.45. The molecular formula is C16H14O2Se. The van der Waals surface area contributed by atoms with Crippen LogP contribution >= 0.6 is 0 Å². The van der Waals surface area contributed by atoms with Crippen molar-refractivity contribution in [3.8, 4) is 0 Å². The summed E-state index contributed by atoms with van der Waals surface area (Å²) in [6.07, 6.45) is 1.73. The topological polar surface area (TPSA) is 37.3 Å². The van der Waals surface area contributed by atoms with Gasteiger partial charge in [0, 0.05) is 0 Å². The molecule has 2 aromatic carbocycles. The van der Waals surface area contributed by atoms with Crippen LogP contribution in [-0.4, -0.2) is 26.0 Å². The van der Waals surface area contributed by atoms with Gasteiger partial charge in [0.05, 0.1) is 0 Å². The van der Waals surface area contributed by atoms with Crippen molar-refractivity contribution in [1.29, 1.82) is 0 Å². The molecule has 0 heterocycles. The van der Waals surface area contributed by atoms with Crippen LogP contribution in [0.25, 0.3) is 11.6 Å². The standard InChI is InChI=1S/C16H14O2Se/c1-19-15-10-6-5-9-13(15)14(16(17)18)11-12-7-3-2-4-8-12/h2-11H,1H3,(H,17,18)/b14-11-. The van der Waals surface area contributed by atoms with Crippen LogP contribution in [0.3, 0.4) is 0 Å². The van der Waals surface area contributed by atoms with E-state index in [2.05, 4.69) is 5.82 Å². The van der Waals surface area contributed by atoms with E-state index in [1.54, 1.807) is 6.08 Å². The summed E-state index contributed by atoms with van der Waals surface area (Å²) in [6.45, 7) is 0. The van der Waals surface area contributed by atoms with Gasteiger partial charge in [0.2, 0.25) is 0 Å². The van der Waals surface area contributed by atoms with Crippen molar-refractivity contribution in [2.24, 2.45) is 0 Å². The van der Waals surface area contributed by atoms with E-state index >= 15 is 0 Å². The van der Waals surface area contributed by atoms with Crippen LogP contribution in [-0.2, 0) is 4.79 Å². The molecule has 0 aliphatic heterocycles. The first-order chi connectivity index (χ1) is 9.22. The molecule has 19 heavy (non-hydrogen) atoms. The number of carboxylic acids is 1. The Balaban J connectivity index is 2.52. The molecule has 1 N–H and O–H groups in total. The fourth-order valence-corrected chi connectivity index (χ4v) is 3.12. The summed E-state index contributed by atoms with van der Waals surface area (Å²) >= 11 is 0.266. The van der Waals surface area contributed by atoms with Crippen LogP contribution in [0, 0.1) is 0 Å². The second-order valence-electron chi connectivity index (χ2n) is 3.97. The van der Waals surface area contributed by atoms with E-state index in [9.17, 15) is 9.90 Å². The number of rotatable bonds is 4. The summed E-state index contributed by atoms with van der Waals surface area (Å²) in [7, 11) is 0. The molecule has 0 atom stereocenters. The first kappa shape index (κ1) is 13.6. The zero-order valence-electron chi connectivity index (χ0n) is 10.5. The first-order valence-electron chi connectivity index (χ1n) is 5.86. The number of carboxylic acid groups (broad SMARTS) is 1. The quantitative estimate of drug-likeness (QED) is 0.535. The van der Waals surface area contributed by atoms with E-state index < -0.39 is 5.97 Å². The Morgan fingerprint density at radius 3 is 2.32 bits per heavy atom. The fourth-order valence-electron chi connectivity index (χ4n) is 1.84. The van der Waals surface area contributed by atoms with Crippen LogP contribution in [0.1, 0.15) is 11.1 Å². The van der Waals surface area contributed by atoms with Crippen molar-refractivity contribution in [2.75, 3.05) is 0 Å². The van der Waals surface area contributed by atoms with Crippen molar-refractivity contribution in [3.63, 3.8) is 0 Å². The summed E-state index contributed by atoms with van der Waals surface area (Å²) < 4.78 is 1.11. The number of aliphatic carboxylic acids is 1. The third-order valence-corrected chi connectivity index (χ3v) is 4.41. The Labute approximate surface area is 118 Å². The average Bonchev–Trinajstić information content (AvgIpc) is 2.45. The van der Waals surface area contributed by atoms with Gasteiger partial charge < -0.3 is 0 Å². The molecule has 0 aliphatic carbocycles. The maximum absolute atomic E-state index is 11.5. The van der Waals surface area contributed by atoms with E-state index in [0.29, 0.717) is 5.57 Å². The van der Waals surface area contributed by atoms with Crippen molar-refractivity contribution in [2.45, 2.75) is 5.82 Å². The molecule has 0 spiro atoms. The molecule has 0 radical (unpaired) electrons. The van der Waals surface area contributed by atoms with Gasteiger partial charge in [-0.3, -0.25) is 0 Å². The molecule has 0 unspecified atom stereocenters. The molecule has 0 amide bonds. The van der Waals surface area contributed by atoms with Crippen LogP contribution in [0.5, 0.6) is 0 Å². The van der Waals surface area contributed by atoms with Gasteiger partial charge in [0.15, 0.2) is 0 Å². The van der Waals surface area contributed by atoms with Crippen LogP contribution in [0.2, 0.25) is 5.82 Å². The number of hydrogen-bond acceptors (Lipinski definition) is 1. The predicted molar refractivity (Wildman–Crippen MR) is 79.6 cm³/mol. The van der Waals surface area contributed by atoms with E-state index in [-0.39, 0.29) is 15.0 Å². The summed E-state index contributed by atoms with van der Waals surface area (Å²) in [6, 6.07) is 17.2. The average molecular weight is 317 g/mol. The molecule has 2 nitrogen and oxygen atoms in total. The third kappa shape index (κ3) is 3.34. The number of carbonyl (C=O) groups is 1. The molecular weight excluding hydrogens is 303 g/mol. The van der Waals surface area contributed by atoms with E-state index in [0.717, 1.165) is 15.6 Å². The molecule has 0 aliphatic rings. The van der Waals surface area contributed by atoms with Gasteiger partial charge in [-0.1, -0.05) is 0 Å². The summed E-state index contributed by atoms with van der Waals surface area (Å²) in [5.74, 6) is 1.20. The fraction of sp³-hybridized carbons (Fsp3) is 0.0625. The molecule has 0 saturated heterocycles. The van der Waals surface area contributed by atoms with Crippen molar-refractivity contribution >= 4 is 37.0 Å². The van der Waals surface area contributed by atoms with E-state index in [1.807, 2.05) is 54.6 Å². The Bertz CT molecular complexity index is 603. The Kier molecular flexibility index (Phi) is 4.56. The zero-order chi connectivity index (χ0) is 13.7. The zero-order valence-corrected chi connectivity index (χ0v) is 12.3. The summed E-state index contributed by atoms with van der Waals surface area (Å²) in [4.78, 5) is 11.5. The monoisotopic (exact) mass is 318 g/mol. The number of hydrogen-bond donors (Lipinski definition) is 1. The molecule has 0 aromatic heterocycles. The van der Waals surface area contributed by atoms with Gasteiger partial charge >= 0.3 is 118 Å². The second-order valence-corrected chi connectivity index (χ2v) is 5.75. The second kappa shape index (κ2) is 6.37. The Hall–Kier alpha value is -1.83. The minimum atomic E-state index is -0.888. The van der Waals surface area contributed by atoms with Gasteiger partial charge in [0.25, 0.3) is 0 Å². The minimum absolute atomic E-state index is 0.266. The molecule has 3 heteroatoms. The van der Waals surface area contributed by atoms with Gasteiger partial charge in [-0.25, -0.2) is 0 Å². The normalized spacial score (nSPS) is 11.3. The summed E-state index contributed by atoms with van der Waals surface area (Å²) in [5.41, 5.74) is 2.07. The Morgan fingerprint density at radius 2 is 1.68 bits per heavy atom. The molecule has 0 bridgehead atoms. The molecule has 0 saturated carbocycles. The van der Waals surface area contributed by atoms with E-state index in [1.165, 1.54) is 0 Å². The number of benzene rings is 2. The van der Waals surface area contributed by atoms with Crippen molar-refractivity contribution < 1.29 is 9.90 Å². The molecule has 0 fully saturated rings. The SMILES string of the molecule is C[Se]c1ccccc1/C(=C/c1ccccc1)C(=O)O. The van der Waals surface area contributed by atoms with Gasteiger partial charge in [-0.15, -0.1) is 0 Å². The molecule has 2 rings (SSSR count). The van der Waals surface area contributed by atoms with Crippen LogP contribution in [0.15, 0.2) is 54.6 Å². The van der Waals surface area contributed by atoms with Crippen molar-refractivity contribution in [3.05, 3.63) is 65.7 Å². The molecule has 2 aromatic rings. The van der Waals surface area contributed by atoms with Gasteiger partial charge in [-0.2, -0.15) is 0 Å². The van der Waals surface area contributed by atoms with Gasteiger partial charge in [0.1, 0.15) is 0 Å². The van der Waals surface area contributed by atoms with Crippen molar-refractivity contribution in [1.82, 2.24) is 0 Å². The Morgan fingerprint density at radius 1 is 1.05 bits per heavy atom. The van der Waals surface area contributed by atoms with Crippen LogP contribution in [0.4, 0.5) is 0 Å². The van der Waals surface area contributed by atoms with Gasteiger partial charge in [-0.05, 0) is 0 Å². The van der Waals surface area contributed by atoms with Crippen LogP contribution < -0.4 is 4.46 Å². The third-order valence-electron chi connectivity index (χ3n) is 2.74. The maximum atomic E-state index is 11.5. The predicted octanol–water partition coefficient (Wildman–Crippen LogP) is 2.69.